The molecule has 0 unspecified atom stereocenters. The van der Waals surface area contributed by atoms with Gasteiger partial charge in [-0.15, -0.1) is 0 Å². The Balaban J connectivity index is 2.38. The molecular formula is C13H16FN3O3. The molecule has 0 radical (unpaired) electrons. The molecule has 2 N–H and O–H groups in total. The Morgan fingerprint density at radius 1 is 1.50 bits per heavy atom. The Hall–Kier alpha value is -2.18. The van der Waals surface area contributed by atoms with Crippen LogP contribution in [0.3, 0.4) is 0 Å². The number of carbonyl (C=O) groups is 1. The number of amides is 1. The molecule has 2 rings (SSSR count). The number of anilines is 1. The summed E-state index contributed by atoms with van der Waals surface area (Å²) in [6.07, 6.45) is 0.829. The van der Waals surface area contributed by atoms with E-state index < -0.39 is 22.3 Å². The summed E-state index contributed by atoms with van der Waals surface area (Å²) in [5.74, 6) is -1.30. The van der Waals surface area contributed by atoms with E-state index in [1.807, 2.05) is 13.8 Å². The number of nitro benzene ring substituents is 1. The minimum absolute atomic E-state index is 0.0102. The lowest BCUT2D eigenvalue weighted by atomic mass is 9.93. The predicted octanol–water partition coefficient (Wildman–Crippen LogP) is 2.19. The largest absolute Gasteiger partial charge is 0.393 e. The van der Waals surface area contributed by atoms with Gasteiger partial charge in [-0.25, -0.2) is 4.39 Å². The zero-order valence-corrected chi connectivity index (χ0v) is 11.4. The van der Waals surface area contributed by atoms with Gasteiger partial charge in [-0.05, 0) is 17.9 Å². The first-order valence-corrected chi connectivity index (χ1v) is 6.24. The van der Waals surface area contributed by atoms with Gasteiger partial charge < -0.3 is 10.6 Å². The first-order chi connectivity index (χ1) is 9.21. The Kier molecular flexibility index (Phi) is 3.37. The lowest BCUT2D eigenvalue weighted by Gasteiger charge is -2.20. The van der Waals surface area contributed by atoms with Gasteiger partial charge in [-0.2, -0.15) is 0 Å². The fourth-order valence-electron chi connectivity index (χ4n) is 2.39. The van der Waals surface area contributed by atoms with Crippen LogP contribution in [0.15, 0.2) is 12.1 Å². The molecule has 1 aromatic carbocycles. The number of nitrogens with two attached hydrogens (primary N) is 1. The zero-order valence-electron chi connectivity index (χ0n) is 11.4. The molecule has 0 atom stereocenters. The highest BCUT2D eigenvalue weighted by molar-refractivity contribution is 6.01. The van der Waals surface area contributed by atoms with Gasteiger partial charge in [0.2, 0.25) is 0 Å². The molecule has 1 aromatic rings. The van der Waals surface area contributed by atoms with Gasteiger partial charge in [0.15, 0.2) is 0 Å². The SMILES string of the molecule is CC1(C)CCN(C(=O)c2cc(F)cc([N+](=O)[O-])c2N)C1. The molecule has 1 aliphatic rings. The number of hydrogen-bond acceptors (Lipinski definition) is 4. The van der Waals surface area contributed by atoms with Crippen molar-refractivity contribution in [2.75, 3.05) is 18.8 Å². The van der Waals surface area contributed by atoms with E-state index in [2.05, 4.69) is 0 Å². The third kappa shape index (κ3) is 2.56. The number of carbonyl (C=O) groups excluding carboxylic acids is 1. The molecular weight excluding hydrogens is 265 g/mol. The lowest BCUT2D eigenvalue weighted by Crippen LogP contribution is -2.31. The van der Waals surface area contributed by atoms with Crippen molar-refractivity contribution in [3.63, 3.8) is 0 Å². The van der Waals surface area contributed by atoms with Crippen molar-refractivity contribution in [3.05, 3.63) is 33.6 Å². The summed E-state index contributed by atoms with van der Waals surface area (Å²) >= 11 is 0. The van der Waals surface area contributed by atoms with Crippen LogP contribution in [0.5, 0.6) is 0 Å². The van der Waals surface area contributed by atoms with E-state index in [9.17, 15) is 19.3 Å². The average molecular weight is 281 g/mol. The smallest absolute Gasteiger partial charge is 0.295 e. The normalized spacial score (nSPS) is 17.2. The molecule has 0 aromatic heterocycles. The minimum Gasteiger partial charge on any atom is -0.393 e. The van der Waals surface area contributed by atoms with Gasteiger partial charge in [0.05, 0.1) is 16.6 Å². The standard InChI is InChI=1S/C13H16FN3O3/c1-13(2)3-4-16(7-13)12(18)9-5-8(14)6-10(11(9)15)17(19)20/h5-6H,3-4,7,15H2,1-2H3. The van der Waals surface area contributed by atoms with Crippen LogP contribution in [-0.2, 0) is 0 Å². The quantitative estimate of drug-likeness (QED) is 0.511. The van der Waals surface area contributed by atoms with E-state index in [1.54, 1.807) is 4.90 Å². The molecule has 1 fully saturated rings. The molecule has 0 aliphatic carbocycles. The fourth-order valence-corrected chi connectivity index (χ4v) is 2.39. The second-order valence-electron chi connectivity index (χ2n) is 5.78. The van der Waals surface area contributed by atoms with Crippen LogP contribution in [0.4, 0.5) is 15.8 Å². The highest BCUT2D eigenvalue weighted by atomic mass is 19.1. The molecule has 1 aliphatic heterocycles. The number of halogens is 1. The maximum Gasteiger partial charge on any atom is 0.295 e. The molecule has 0 spiro atoms. The van der Waals surface area contributed by atoms with E-state index >= 15 is 0 Å². The Labute approximate surface area is 115 Å². The van der Waals surface area contributed by atoms with E-state index in [0.717, 1.165) is 18.6 Å². The van der Waals surface area contributed by atoms with Gasteiger partial charge in [0.1, 0.15) is 11.5 Å². The molecule has 20 heavy (non-hydrogen) atoms. The molecule has 6 nitrogen and oxygen atoms in total. The van der Waals surface area contributed by atoms with Crippen molar-refractivity contribution in [2.45, 2.75) is 20.3 Å². The van der Waals surface area contributed by atoms with Crippen molar-refractivity contribution >= 4 is 17.3 Å². The van der Waals surface area contributed by atoms with Gasteiger partial charge >= 0.3 is 0 Å². The molecule has 1 amide bonds. The van der Waals surface area contributed by atoms with E-state index in [0.29, 0.717) is 13.1 Å². The molecule has 1 heterocycles. The summed E-state index contributed by atoms with van der Waals surface area (Å²) in [4.78, 5) is 23.9. The monoisotopic (exact) mass is 281 g/mol. The van der Waals surface area contributed by atoms with Crippen LogP contribution in [0.25, 0.3) is 0 Å². The summed E-state index contributed by atoms with van der Waals surface area (Å²) in [5.41, 5.74) is 4.62. The van der Waals surface area contributed by atoms with Gasteiger partial charge in [0.25, 0.3) is 11.6 Å². The summed E-state index contributed by atoms with van der Waals surface area (Å²) in [6.45, 7) is 5.11. The summed E-state index contributed by atoms with van der Waals surface area (Å²) < 4.78 is 13.4. The third-order valence-electron chi connectivity index (χ3n) is 3.51. The minimum atomic E-state index is -0.840. The number of nitrogens with zero attached hydrogens (tertiary/aromatic N) is 2. The zero-order chi connectivity index (χ0) is 15.1. The number of rotatable bonds is 2. The number of hydrogen-bond donors (Lipinski definition) is 1. The Morgan fingerprint density at radius 2 is 2.15 bits per heavy atom. The number of nitrogen functional groups attached to an aromatic ring is 1. The fraction of sp³-hybridized carbons (Fsp3) is 0.462. The van der Waals surface area contributed by atoms with Crippen LogP contribution in [-0.4, -0.2) is 28.8 Å². The molecule has 1 saturated heterocycles. The van der Waals surface area contributed by atoms with Crippen molar-refractivity contribution in [1.82, 2.24) is 4.90 Å². The van der Waals surface area contributed by atoms with Gasteiger partial charge in [-0.1, -0.05) is 13.8 Å². The van der Waals surface area contributed by atoms with Gasteiger partial charge in [-0.3, -0.25) is 14.9 Å². The lowest BCUT2D eigenvalue weighted by molar-refractivity contribution is -0.384. The molecule has 0 bridgehead atoms. The number of likely N-dealkylation sites (tertiary alicyclic amines) is 1. The van der Waals surface area contributed by atoms with Crippen molar-refractivity contribution < 1.29 is 14.1 Å². The van der Waals surface area contributed by atoms with E-state index in [1.165, 1.54) is 0 Å². The second kappa shape index (κ2) is 4.73. The third-order valence-corrected chi connectivity index (χ3v) is 3.51. The highest BCUT2D eigenvalue weighted by Crippen LogP contribution is 2.32. The Morgan fingerprint density at radius 3 is 2.65 bits per heavy atom. The molecule has 108 valence electrons. The first-order valence-electron chi connectivity index (χ1n) is 6.24. The van der Waals surface area contributed by atoms with Gasteiger partial charge in [0, 0.05) is 13.1 Å². The maximum atomic E-state index is 13.4. The average Bonchev–Trinajstić information content (AvgIpc) is 2.71. The second-order valence-corrected chi connectivity index (χ2v) is 5.78. The maximum absolute atomic E-state index is 13.4. The first kappa shape index (κ1) is 14.2. The highest BCUT2D eigenvalue weighted by Gasteiger charge is 2.34. The Bertz CT molecular complexity index is 586. The van der Waals surface area contributed by atoms with E-state index in [-0.39, 0.29) is 16.7 Å². The van der Waals surface area contributed by atoms with Crippen LogP contribution in [0, 0.1) is 21.3 Å². The molecule has 7 heteroatoms. The summed E-state index contributed by atoms with van der Waals surface area (Å²) in [6, 6.07) is 1.68. The van der Waals surface area contributed by atoms with E-state index in [4.69, 9.17) is 5.73 Å². The van der Waals surface area contributed by atoms with Crippen molar-refractivity contribution in [2.24, 2.45) is 5.41 Å². The van der Waals surface area contributed by atoms with Crippen LogP contribution in [0.1, 0.15) is 30.6 Å². The number of benzene rings is 1. The topological polar surface area (TPSA) is 89.5 Å². The van der Waals surface area contributed by atoms with Crippen LogP contribution in [0.2, 0.25) is 0 Å². The summed E-state index contributed by atoms with van der Waals surface area (Å²) in [5, 5.41) is 10.8. The number of nitro groups is 1. The predicted molar refractivity (Wildman–Crippen MR) is 71.8 cm³/mol. The van der Waals surface area contributed by atoms with Crippen molar-refractivity contribution in [1.29, 1.82) is 0 Å². The summed E-state index contributed by atoms with van der Waals surface area (Å²) in [7, 11) is 0. The molecule has 0 saturated carbocycles. The van der Waals surface area contributed by atoms with Crippen LogP contribution >= 0.6 is 0 Å². The van der Waals surface area contributed by atoms with Crippen molar-refractivity contribution in [3.8, 4) is 0 Å². The van der Waals surface area contributed by atoms with Crippen LogP contribution < -0.4 is 5.73 Å².